The number of nitrogens with one attached hydrogen (secondary N) is 1. The molecule has 1 atom stereocenters. The minimum Gasteiger partial charge on any atom is -0.459 e. The lowest BCUT2D eigenvalue weighted by Gasteiger charge is -2.11. The number of hydrogen-bond donors (Lipinski definition) is 3. The molecule has 0 fully saturated rings. The van der Waals surface area contributed by atoms with Crippen molar-refractivity contribution in [1.29, 1.82) is 0 Å². The molecule has 0 spiro atoms. The first kappa shape index (κ1) is 12.1. The van der Waals surface area contributed by atoms with Gasteiger partial charge in [0.1, 0.15) is 5.84 Å². The Hall–Kier alpha value is -1.98. The van der Waals surface area contributed by atoms with Crippen LogP contribution in [0.2, 0.25) is 0 Å². The van der Waals surface area contributed by atoms with Crippen molar-refractivity contribution in [2.24, 2.45) is 10.9 Å². The van der Waals surface area contributed by atoms with Gasteiger partial charge in [-0.15, -0.1) is 0 Å². The molecule has 1 aromatic rings. The zero-order chi connectivity index (χ0) is 12.1. The molecule has 88 valence electrons. The molecule has 0 aliphatic carbocycles. The Morgan fingerprint density at radius 3 is 2.94 bits per heavy atom. The van der Waals surface area contributed by atoms with Crippen molar-refractivity contribution in [2.75, 3.05) is 0 Å². The van der Waals surface area contributed by atoms with Gasteiger partial charge in [-0.3, -0.25) is 4.79 Å². The molecule has 0 aliphatic heterocycles. The van der Waals surface area contributed by atoms with Crippen LogP contribution in [0.25, 0.3) is 0 Å². The number of amidine groups is 1. The molecular formula is C10H15N3O3. The first-order valence-electron chi connectivity index (χ1n) is 4.86. The third-order valence-corrected chi connectivity index (χ3v) is 2.09. The molecule has 0 saturated heterocycles. The van der Waals surface area contributed by atoms with E-state index in [1.165, 1.54) is 6.26 Å². The molecule has 0 aliphatic rings. The van der Waals surface area contributed by atoms with Gasteiger partial charge in [0, 0.05) is 18.0 Å². The summed E-state index contributed by atoms with van der Waals surface area (Å²) in [5.41, 5.74) is 6.10. The molecule has 4 N–H and O–H groups in total. The number of carbonyl (C=O) groups excluding carboxylic acids is 1. The van der Waals surface area contributed by atoms with Gasteiger partial charge < -0.3 is 20.7 Å². The first-order chi connectivity index (χ1) is 7.54. The fourth-order valence-electron chi connectivity index (χ4n) is 1.30. The van der Waals surface area contributed by atoms with Crippen LogP contribution in [0, 0.1) is 6.92 Å². The molecule has 1 aromatic heterocycles. The summed E-state index contributed by atoms with van der Waals surface area (Å²) in [5, 5.41) is 13.9. The van der Waals surface area contributed by atoms with Crippen molar-refractivity contribution in [3.63, 3.8) is 0 Å². The molecule has 1 amide bonds. The lowest BCUT2D eigenvalue weighted by molar-refractivity contribution is 0.0912. The summed E-state index contributed by atoms with van der Waals surface area (Å²) in [6.45, 7) is 3.54. The van der Waals surface area contributed by atoms with Gasteiger partial charge in [-0.05, 0) is 19.9 Å². The third-order valence-electron chi connectivity index (χ3n) is 2.09. The third kappa shape index (κ3) is 3.01. The number of carbonyl (C=O) groups is 1. The van der Waals surface area contributed by atoms with E-state index < -0.39 is 0 Å². The number of nitrogens with zero attached hydrogens (tertiary/aromatic N) is 1. The Labute approximate surface area is 93.1 Å². The second-order valence-electron chi connectivity index (χ2n) is 3.60. The van der Waals surface area contributed by atoms with Gasteiger partial charge >= 0.3 is 0 Å². The van der Waals surface area contributed by atoms with Crippen LogP contribution in [0.4, 0.5) is 0 Å². The monoisotopic (exact) mass is 225 g/mol. The van der Waals surface area contributed by atoms with Gasteiger partial charge in [-0.1, -0.05) is 5.16 Å². The highest BCUT2D eigenvalue weighted by atomic mass is 16.4. The fraction of sp³-hybridized carbons (Fsp3) is 0.400. The maximum atomic E-state index is 11.7. The fourth-order valence-corrected chi connectivity index (χ4v) is 1.30. The lowest BCUT2D eigenvalue weighted by atomic mass is 10.2. The minimum absolute atomic E-state index is 0.0731. The van der Waals surface area contributed by atoms with Crippen molar-refractivity contribution in [3.8, 4) is 0 Å². The average Bonchev–Trinajstić information content (AvgIpc) is 2.63. The molecule has 6 heteroatoms. The topological polar surface area (TPSA) is 101 Å². The molecule has 16 heavy (non-hydrogen) atoms. The molecule has 6 nitrogen and oxygen atoms in total. The standard InChI is InChI=1S/C10H15N3O3/c1-6-3-4-16-9(6)10(14)12-7(2)5-8(11)13-15/h3-4,7,15H,5H2,1-2H3,(H2,11,13)(H,12,14). The molecule has 0 bridgehead atoms. The zero-order valence-electron chi connectivity index (χ0n) is 9.23. The maximum absolute atomic E-state index is 11.7. The average molecular weight is 225 g/mol. The van der Waals surface area contributed by atoms with Crippen LogP contribution in [0.5, 0.6) is 0 Å². The second kappa shape index (κ2) is 5.20. The quantitative estimate of drug-likeness (QED) is 0.306. The van der Waals surface area contributed by atoms with E-state index in [-0.39, 0.29) is 30.0 Å². The number of rotatable bonds is 4. The van der Waals surface area contributed by atoms with Crippen LogP contribution in [0.3, 0.4) is 0 Å². The van der Waals surface area contributed by atoms with Gasteiger partial charge in [-0.2, -0.15) is 0 Å². The SMILES string of the molecule is Cc1ccoc1C(=O)NC(C)CC(N)=NO. The molecule has 0 saturated carbocycles. The number of amides is 1. The summed E-state index contributed by atoms with van der Waals surface area (Å²) in [5.74, 6) is 0.0519. The van der Waals surface area contributed by atoms with Crippen molar-refractivity contribution >= 4 is 11.7 Å². The highest BCUT2D eigenvalue weighted by molar-refractivity contribution is 5.93. The van der Waals surface area contributed by atoms with Gasteiger partial charge in [0.2, 0.25) is 0 Å². The second-order valence-corrected chi connectivity index (χ2v) is 3.60. The Balaban J connectivity index is 2.55. The normalized spacial score (nSPS) is 13.5. The van der Waals surface area contributed by atoms with E-state index in [2.05, 4.69) is 10.5 Å². The van der Waals surface area contributed by atoms with Crippen LogP contribution in [0.15, 0.2) is 21.9 Å². The first-order valence-corrected chi connectivity index (χ1v) is 4.86. The van der Waals surface area contributed by atoms with E-state index in [9.17, 15) is 4.79 Å². The largest absolute Gasteiger partial charge is 0.459 e. The van der Waals surface area contributed by atoms with E-state index in [0.717, 1.165) is 5.56 Å². The van der Waals surface area contributed by atoms with Crippen LogP contribution < -0.4 is 11.1 Å². The summed E-state index contributed by atoms with van der Waals surface area (Å²) >= 11 is 0. The van der Waals surface area contributed by atoms with Gasteiger partial charge in [0.25, 0.3) is 5.91 Å². The molecular weight excluding hydrogens is 210 g/mol. The van der Waals surface area contributed by atoms with E-state index in [1.54, 1.807) is 19.9 Å². The zero-order valence-corrected chi connectivity index (χ0v) is 9.23. The molecule has 0 aromatic carbocycles. The van der Waals surface area contributed by atoms with Crippen molar-refractivity contribution in [1.82, 2.24) is 5.32 Å². The van der Waals surface area contributed by atoms with Crippen LogP contribution >= 0.6 is 0 Å². The predicted molar refractivity (Wildman–Crippen MR) is 58.4 cm³/mol. The molecule has 1 rings (SSSR count). The number of oxime groups is 1. The van der Waals surface area contributed by atoms with Gasteiger partial charge in [0.05, 0.1) is 6.26 Å². The van der Waals surface area contributed by atoms with E-state index in [1.807, 2.05) is 0 Å². The van der Waals surface area contributed by atoms with Crippen LogP contribution in [-0.4, -0.2) is 23.0 Å². The van der Waals surface area contributed by atoms with E-state index in [0.29, 0.717) is 0 Å². The summed E-state index contributed by atoms with van der Waals surface area (Å²) in [6.07, 6.45) is 1.74. The predicted octanol–water partition coefficient (Wildman–Crippen LogP) is 0.843. The minimum atomic E-state index is -0.305. The lowest BCUT2D eigenvalue weighted by Crippen LogP contribution is -2.35. The summed E-state index contributed by atoms with van der Waals surface area (Å²) in [6, 6.07) is 1.48. The smallest absolute Gasteiger partial charge is 0.287 e. The molecule has 1 unspecified atom stereocenters. The van der Waals surface area contributed by atoms with E-state index in [4.69, 9.17) is 15.4 Å². The Morgan fingerprint density at radius 1 is 1.75 bits per heavy atom. The Kier molecular flexibility index (Phi) is 3.93. The van der Waals surface area contributed by atoms with Crippen molar-refractivity contribution < 1.29 is 14.4 Å². The van der Waals surface area contributed by atoms with E-state index >= 15 is 0 Å². The summed E-state index contributed by atoms with van der Waals surface area (Å²) < 4.78 is 5.04. The number of nitrogens with two attached hydrogens (primary N) is 1. The Morgan fingerprint density at radius 2 is 2.44 bits per heavy atom. The highest BCUT2D eigenvalue weighted by Gasteiger charge is 2.15. The Bertz CT molecular complexity index is 398. The van der Waals surface area contributed by atoms with Gasteiger partial charge in [0.15, 0.2) is 5.76 Å². The highest BCUT2D eigenvalue weighted by Crippen LogP contribution is 2.08. The molecule has 0 radical (unpaired) electrons. The van der Waals surface area contributed by atoms with Crippen molar-refractivity contribution in [2.45, 2.75) is 26.3 Å². The van der Waals surface area contributed by atoms with Crippen LogP contribution in [0.1, 0.15) is 29.5 Å². The number of aryl methyl sites for hydroxylation is 1. The molecule has 1 heterocycles. The van der Waals surface area contributed by atoms with Crippen molar-refractivity contribution in [3.05, 3.63) is 23.7 Å². The maximum Gasteiger partial charge on any atom is 0.287 e. The number of hydrogen-bond acceptors (Lipinski definition) is 4. The number of furan rings is 1. The summed E-state index contributed by atoms with van der Waals surface area (Å²) in [7, 11) is 0. The van der Waals surface area contributed by atoms with Crippen LogP contribution in [-0.2, 0) is 0 Å². The summed E-state index contributed by atoms with van der Waals surface area (Å²) in [4.78, 5) is 11.7. The van der Waals surface area contributed by atoms with Gasteiger partial charge in [-0.25, -0.2) is 0 Å².